The van der Waals surface area contributed by atoms with E-state index in [4.69, 9.17) is 15.2 Å². The van der Waals surface area contributed by atoms with Gasteiger partial charge in [-0.1, -0.05) is 63.8 Å². The number of rotatable bonds is 11. The van der Waals surface area contributed by atoms with Crippen LogP contribution in [-0.4, -0.2) is 50.8 Å². The van der Waals surface area contributed by atoms with Crippen molar-refractivity contribution in [3.05, 3.63) is 42.5 Å². The van der Waals surface area contributed by atoms with Gasteiger partial charge in [0.25, 0.3) is 0 Å². The van der Waals surface area contributed by atoms with Crippen molar-refractivity contribution in [3.63, 3.8) is 0 Å². The van der Waals surface area contributed by atoms with Gasteiger partial charge in [-0.15, -0.1) is 0 Å². The van der Waals surface area contributed by atoms with Crippen LogP contribution in [0.25, 0.3) is 11.1 Å². The van der Waals surface area contributed by atoms with E-state index in [2.05, 4.69) is 32.7 Å². The number of nitrogen functional groups attached to an aromatic ring is 1. The van der Waals surface area contributed by atoms with Gasteiger partial charge in [0.15, 0.2) is 5.06 Å². The number of hydrogen-bond donors (Lipinski definition) is 2. The quantitative estimate of drug-likeness (QED) is 0.488. The normalized spacial score (nSPS) is 11.5. The number of nitrogens with one attached hydrogen (secondary N) is 1. The van der Waals surface area contributed by atoms with Gasteiger partial charge in [-0.3, -0.25) is 9.69 Å². The van der Waals surface area contributed by atoms with Crippen molar-refractivity contribution in [2.24, 2.45) is 0 Å². The van der Waals surface area contributed by atoms with Crippen LogP contribution >= 0.6 is 11.3 Å². The van der Waals surface area contributed by atoms with E-state index in [1.165, 1.54) is 11.3 Å². The fraction of sp³-hybridized carbons (Fsp3) is 0.458. The van der Waals surface area contributed by atoms with Gasteiger partial charge in [0, 0.05) is 30.5 Å². The molecule has 6 nitrogen and oxygen atoms in total. The number of nitrogens with zero attached hydrogens (tertiary/aromatic N) is 1. The van der Waals surface area contributed by atoms with Gasteiger partial charge < -0.3 is 20.5 Å². The Labute approximate surface area is 190 Å². The molecule has 0 saturated heterocycles. The van der Waals surface area contributed by atoms with Gasteiger partial charge in [0.2, 0.25) is 5.91 Å². The highest BCUT2D eigenvalue weighted by atomic mass is 32.1. The van der Waals surface area contributed by atoms with Crippen LogP contribution in [-0.2, 0) is 14.9 Å². The topological polar surface area (TPSA) is 76.8 Å². The molecule has 0 spiro atoms. The average molecular weight is 446 g/mol. The number of likely N-dealkylation sites (N-methyl/N-ethyl adjacent to an activating group) is 1. The third kappa shape index (κ3) is 6.82. The van der Waals surface area contributed by atoms with Crippen LogP contribution in [0.4, 0.5) is 10.7 Å². The van der Waals surface area contributed by atoms with Crippen LogP contribution in [0.2, 0.25) is 0 Å². The molecule has 170 valence electrons. The Morgan fingerprint density at radius 1 is 1.35 bits per heavy atom. The average Bonchev–Trinajstić information content (AvgIpc) is 3.06. The van der Waals surface area contributed by atoms with E-state index in [1.54, 1.807) is 13.2 Å². The highest BCUT2D eigenvalue weighted by molar-refractivity contribution is 7.18. The number of carbonyl (C=O) groups excluding carboxylic acids is 1. The van der Waals surface area contributed by atoms with Crippen molar-refractivity contribution in [2.75, 3.05) is 51.0 Å². The zero-order valence-electron chi connectivity index (χ0n) is 19.3. The van der Waals surface area contributed by atoms with E-state index in [9.17, 15) is 4.79 Å². The summed E-state index contributed by atoms with van der Waals surface area (Å²) < 4.78 is 11.0. The number of carbonyl (C=O) groups is 1. The Kier molecular flexibility index (Phi) is 9.10. The molecule has 1 heterocycles. The smallest absolute Gasteiger partial charge is 0.238 e. The largest absolute Gasteiger partial charge is 0.480 e. The summed E-state index contributed by atoms with van der Waals surface area (Å²) in [6.45, 7) is 15.0. The molecule has 0 fully saturated rings. The van der Waals surface area contributed by atoms with E-state index in [1.807, 2.05) is 36.1 Å². The van der Waals surface area contributed by atoms with E-state index in [-0.39, 0.29) is 11.3 Å². The number of thiophene rings is 1. The lowest BCUT2D eigenvalue weighted by Crippen LogP contribution is -2.35. The van der Waals surface area contributed by atoms with Crippen LogP contribution in [0.1, 0.15) is 33.3 Å². The lowest BCUT2D eigenvalue weighted by molar-refractivity contribution is -0.117. The van der Waals surface area contributed by atoms with Crippen molar-refractivity contribution >= 4 is 27.9 Å². The predicted octanol–water partition coefficient (Wildman–Crippen LogP) is 4.77. The molecule has 0 saturated carbocycles. The van der Waals surface area contributed by atoms with Gasteiger partial charge in [0.1, 0.15) is 6.61 Å². The summed E-state index contributed by atoms with van der Waals surface area (Å²) in [6.07, 6.45) is 1.73. The molecule has 0 unspecified atom stereocenters. The SMILES string of the molecule is C=CCOc1sc(N)c(-c2cccc(NC(=O)CN(CC)CCOC)c2)c1C(C)(C)C. The molecule has 1 aromatic heterocycles. The van der Waals surface area contributed by atoms with Crippen molar-refractivity contribution in [2.45, 2.75) is 33.1 Å². The summed E-state index contributed by atoms with van der Waals surface area (Å²) in [4.78, 5) is 14.6. The standard InChI is InChI=1S/C24H35N3O3S/c1-7-13-30-23-21(24(3,4)5)20(22(25)31-23)17-10-9-11-18(15-17)26-19(28)16-27(8-2)12-14-29-6/h7,9-11,15H,1,8,12-14,16,25H2,2-6H3,(H,26,28). The van der Waals surface area contributed by atoms with Crippen LogP contribution in [0, 0.1) is 0 Å². The number of ether oxygens (including phenoxy) is 2. The van der Waals surface area contributed by atoms with E-state index in [0.717, 1.165) is 34.0 Å². The molecule has 1 amide bonds. The highest BCUT2D eigenvalue weighted by Gasteiger charge is 2.28. The van der Waals surface area contributed by atoms with Crippen molar-refractivity contribution in [1.29, 1.82) is 0 Å². The zero-order valence-corrected chi connectivity index (χ0v) is 20.1. The number of hydrogen-bond acceptors (Lipinski definition) is 6. The molecule has 0 bridgehead atoms. The zero-order chi connectivity index (χ0) is 23.0. The van der Waals surface area contributed by atoms with Crippen LogP contribution < -0.4 is 15.8 Å². The number of anilines is 2. The first-order valence-corrected chi connectivity index (χ1v) is 11.3. The maximum Gasteiger partial charge on any atom is 0.238 e. The summed E-state index contributed by atoms with van der Waals surface area (Å²) in [7, 11) is 1.66. The molecule has 31 heavy (non-hydrogen) atoms. The lowest BCUT2D eigenvalue weighted by atomic mass is 9.83. The van der Waals surface area contributed by atoms with E-state index < -0.39 is 0 Å². The second-order valence-corrected chi connectivity index (χ2v) is 9.36. The third-order valence-corrected chi connectivity index (χ3v) is 5.78. The molecular weight excluding hydrogens is 410 g/mol. The molecule has 1 aromatic carbocycles. The molecule has 0 aliphatic rings. The second kappa shape index (κ2) is 11.3. The highest BCUT2D eigenvalue weighted by Crippen LogP contribution is 2.49. The first-order chi connectivity index (χ1) is 14.7. The minimum absolute atomic E-state index is 0.0561. The maximum absolute atomic E-state index is 12.6. The minimum Gasteiger partial charge on any atom is -0.480 e. The predicted molar refractivity (Wildman–Crippen MR) is 131 cm³/mol. The number of amides is 1. The molecule has 7 heteroatoms. The Bertz CT molecular complexity index is 887. The van der Waals surface area contributed by atoms with Crippen molar-refractivity contribution in [1.82, 2.24) is 4.90 Å². The number of methoxy groups -OCH3 is 1. The Morgan fingerprint density at radius 3 is 2.71 bits per heavy atom. The fourth-order valence-electron chi connectivity index (χ4n) is 3.36. The summed E-state index contributed by atoms with van der Waals surface area (Å²) in [5.74, 6) is -0.0561. The summed E-state index contributed by atoms with van der Waals surface area (Å²) in [5.41, 5.74) is 9.99. The monoisotopic (exact) mass is 445 g/mol. The van der Waals surface area contributed by atoms with Crippen LogP contribution in [0.15, 0.2) is 36.9 Å². The lowest BCUT2D eigenvalue weighted by Gasteiger charge is -2.22. The minimum atomic E-state index is -0.164. The van der Waals surface area contributed by atoms with Crippen molar-refractivity contribution < 1.29 is 14.3 Å². The number of nitrogens with two attached hydrogens (primary N) is 1. The molecular formula is C24H35N3O3S. The Balaban J connectivity index is 2.30. The molecule has 0 radical (unpaired) electrons. The first kappa shape index (κ1) is 24.9. The third-order valence-electron chi connectivity index (χ3n) is 4.85. The Hall–Kier alpha value is -2.35. The summed E-state index contributed by atoms with van der Waals surface area (Å²) in [5, 5.41) is 4.52. The van der Waals surface area contributed by atoms with Crippen molar-refractivity contribution in [3.8, 4) is 16.2 Å². The maximum atomic E-state index is 12.6. The fourth-order valence-corrected chi connectivity index (χ4v) is 4.52. The molecule has 0 aliphatic carbocycles. The number of benzene rings is 1. The van der Waals surface area contributed by atoms with Gasteiger partial charge >= 0.3 is 0 Å². The molecule has 3 N–H and O–H groups in total. The van der Waals surface area contributed by atoms with Crippen LogP contribution in [0.5, 0.6) is 5.06 Å². The summed E-state index contributed by atoms with van der Waals surface area (Å²) >= 11 is 1.44. The van der Waals surface area contributed by atoms with E-state index >= 15 is 0 Å². The summed E-state index contributed by atoms with van der Waals surface area (Å²) in [6, 6.07) is 7.80. The second-order valence-electron chi connectivity index (χ2n) is 8.34. The first-order valence-electron chi connectivity index (χ1n) is 10.5. The Morgan fingerprint density at radius 2 is 2.10 bits per heavy atom. The molecule has 2 aromatic rings. The van der Waals surface area contributed by atoms with Gasteiger partial charge in [0.05, 0.1) is 18.2 Å². The molecule has 2 rings (SSSR count). The molecule has 0 aliphatic heterocycles. The molecule has 0 atom stereocenters. The van der Waals surface area contributed by atoms with Gasteiger partial charge in [-0.2, -0.15) is 0 Å². The van der Waals surface area contributed by atoms with Crippen LogP contribution in [0.3, 0.4) is 0 Å². The van der Waals surface area contributed by atoms with E-state index in [0.29, 0.717) is 31.3 Å². The van der Waals surface area contributed by atoms with Gasteiger partial charge in [-0.25, -0.2) is 0 Å². The van der Waals surface area contributed by atoms with Gasteiger partial charge in [-0.05, 0) is 29.7 Å².